The minimum absolute atomic E-state index is 1.10. The first-order valence-corrected chi connectivity index (χ1v) is 31.7. The van der Waals surface area contributed by atoms with Crippen LogP contribution in [0.15, 0.2) is 221 Å². The Balaban J connectivity index is 0.921. The Hall–Kier alpha value is -8.02. The number of aryl methyl sites for hydroxylation is 11. The second-order valence-electron chi connectivity index (χ2n) is 23.5. The molecule has 0 aromatic heterocycles. The topological polar surface area (TPSA) is 6.48 Å². The normalized spacial score (nSPS) is 11.3. The molecule has 11 rings (SSSR count). The van der Waals surface area contributed by atoms with Crippen LogP contribution in [0.3, 0.4) is 0 Å². The van der Waals surface area contributed by atoms with E-state index in [2.05, 4.69) is 330 Å². The summed E-state index contributed by atoms with van der Waals surface area (Å²) in [6.45, 7) is 24.6. The van der Waals surface area contributed by atoms with Crippen LogP contribution in [0.5, 0.6) is 0 Å². The third kappa shape index (κ3) is 12.4. The van der Waals surface area contributed by atoms with Crippen molar-refractivity contribution >= 4 is 66.0 Å². The van der Waals surface area contributed by atoms with E-state index in [0.717, 1.165) is 68.8 Å². The fourth-order valence-corrected chi connectivity index (χ4v) is 14.3. The molecule has 2 nitrogen and oxygen atoms in total. The molecule has 0 fully saturated rings. The van der Waals surface area contributed by atoms with Crippen LogP contribution in [0.25, 0.3) is 66.8 Å². The molecule has 0 spiro atoms. The average Bonchev–Trinajstić information content (AvgIpc) is 2.35. The number of halogens is 2. The summed E-state index contributed by atoms with van der Waals surface area (Å²) in [6, 6.07) is 80.0. The second-order valence-corrected chi connectivity index (χ2v) is 25.3. The molecule has 0 bridgehead atoms. The minimum Gasteiger partial charge on any atom is -0.310 e. The highest BCUT2D eigenvalue weighted by Gasteiger charge is 2.21. The van der Waals surface area contributed by atoms with Gasteiger partial charge in [0.25, 0.3) is 0 Å². The van der Waals surface area contributed by atoms with Crippen molar-refractivity contribution in [2.24, 2.45) is 0 Å². The number of anilines is 6. The Morgan fingerprint density at radius 2 is 0.518 bits per heavy atom. The van der Waals surface area contributed by atoms with Crippen LogP contribution in [0, 0.1) is 62.3 Å². The molecule has 0 aliphatic rings. The van der Waals surface area contributed by atoms with Crippen molar-refractivity contribution in [2.75, 3.05) is 9.80 Å². The second kappa shape index (κ2) is 25.3. The lowest BCUT2D eigenvalue weighted by atomic mass is 9.88. The molecule has 0 radical (unpaired) electrons. The van der Waals surface area contributed by atoms with Gasteiger partial charge in [0, 0.05) is 43.1 Å². The first-order valence-electron chi connectivity index (χ1n) is 30.1. The fraction of sp³-hybridized carbons (Fsp3) is 0.185. The Bertz CT molecular complexity index is 4180. The Morgan fingerprint density at radius 1 is 0.247 bits per heavy atom. The van der Waals surface area contributed by atoms with Crippen molar-refractivity contribution in [3.8, 4) is 66.8 Å². The van der Waals surface area contributed by atoms with Gasteiger partial charge < -0.3 is 9.80 Å². The maximum absolute atomic E-state index is 3.71. The Kier molecular flexibility index (Phi) is 17.5. The van der Waals surface area contributed by atoms with E-state index in [1.165, 1.54) is 128 Å². The van der Waals surface area contributed by atoms with Gasteiger partial charge in [-0.1, -0.05) is 174 Å². The number of nitrogens with zero attached hydrogens (tertiary/aromatic N) is 2. The van der Waals surface area contributed by atoms with Crippen LogP contribution in [0.4, 0.5) is 34.1 Å². The van der Waals surface area contributed by atoms with Crippen LogP contribution in [-0.2, 0) is 12.8 Å². The van der Waals surface area contributed by atoms with Crippen LogP contribution >= 0.6 is 31.9 Å². The summed E-state index contributed by atoms with van der Waals surface area (Å²) in [5.41, 5.74) is 35.6. The highest BCUT2D eigenvalue weighted by molar-refractivity contribution is 9.10. The molecular weight excluding hydrogens is 1160 g/mol. The standard InChI is InChI=1S/C81H76Br2N2/c1-12-14-60-16-20-62(21-17-60)63-24-30-69(31-25-63)84(70-32-26-65(27-33-70)80-56(8)42-67(82)43-57(80)9)72-37-40-76(52(4)47-72)78-49-55(7)79(50-54(78)6)77-41-38-74(48-53(77)5)85(71-34-28-66(29-35-71)81-58(10)44-68(83)45-59(81)11)73-36-39-75(51(3)46-73)64-22-18-61(15-13-2)19-23-64/h16-50H,12-15H2,1-11H3. The van der Waals surface area contributed by atoms with Crippen LogP contribution in [0.2, 0.25) is 0 Å². The van der Waals surface area contributed by atoms with Crippen molar-refractivity contribution < 1.29 is 0 Å². The lowest BCUT2D eigenvalue weighted by Crippen LogP contribution is -2.11. The molecule has 0 aliphatic carbocycles. The molecule has 0 N–H and O–H groups in total. The van der Waals surface area contributed by atoms with Crippen molar-refractivity contribution in [3.63, 3.8) is 0 Å². The smallest absolute Gasteiger partial charge is 0.0464 e. The van der Waals surface area contributed by atoms with Crippen molar-refractivity contribution in [3.05, 3.63) is 282 Å². The van der Waals surface area contributed by atoms with Gasteiger partial charge in [0.1, 0.15) is 0 Å². The van der Waals surface area contributed by atoms with Crippen LogP contribution in [-0.4, -0.2) is 0 Å². The average molecular weight is 1240 g/mol. The molecule has 424 valence electrons. The van der Waals surface area contributed by atoms with Gasteiger partial charge in [0.05, 0.1) is 0 Å². The van der Waals surface area contributed by atoms with Gasteiger partial charge in [-0.3, -0.25) is 0 Å². The van der Waals surface area contributed by atoms with E-state index in [1.54, 1.807) is 0 Å². The Morgan fingerprint density at radius 3 is 0.847 bits per heavy atom. The minimum atomic E-state index is 1.10. The molecule has 0 aliphatic heterocycles. The van der Waals surface area contributed by atoms with Crippen LogP contribution in [0.1, 0.15) is 87.9 Å². The SMILES string of the molecule is CCCc1ccc(-c2ccc(N(c3ccc(-c4c(C)cc(Br)cc4C)cc3)c3ccc(-c4cc(C)c(-c5ccc(N(c6ccc(-c7c(C)cc(Br)cc7C)cc6)c6ccc(-c7ccc(CCC)cc7)c(C)c6)cc5C)cc4C)c(C)c3)cc2)cc1. The van der Waals surface area contributed by atoms with Crippen LogP contribution < -0.4 is 9.80 Å². The molecule has 11 aromatic carbocycles. The third-order valence-corrected chi connectivity index (χ3v) is 18.1. The summed E-state index contributed by atoms with van der Waals surface area (Å²) in [5.74, 6) is 0. The molecule has 0 saturated heterocycles. The van der Waals surface area contributed by atoms with E-state index in [0.29, 0.717) is 0 Å². The molecule has 0 atom stereocenters. The summed E-state index contributed by atoms with van der Waals surface area (Å²) in [4.78, 5) is 4.82. The molecule has 0 unspecified atom stereocenters. The van der Waals surface area contributed by atoms with Gasteiger partial charge in [-0.15, -0.1) is 0 Å². The summed E-state index contributed by atoms with van der Waals surface area (Å²) >= 11 is 7.42. The number of benzene rings is 11. The van der Waals surface area contributed by atoms with Gasteiger partial charge in [0.2, 0.25) is 0 Å². The predicted molar refractivity (Wildman–Crippen MR) is 374 cm³/mol. The lowest BCUT2D eigenvalue weighted by Gasteiger charge is -2.28. The molecule has 0 saturated carbocycles. The largest absolute Gasteiger partial charge is 0.310 e. The van der Waals surface area contributed by atoms with Gasteiger partial charge in [-0.25, -0.2) is 0 Å². The van der Waals surface area contributed by atoms with E-state index in [-0.39, 0.29) is 0 Å². The number of hydrogen-bond acceptors (Lipinski definition) is 2. The summed E-state index contributed by atoms with van der Waals surface area (Å²) in [5, 5.41) is 0. The fourth-order valence-electron chi connectivity index (χ4n) is 13.0. The lowest BCUT2D eigenvalue weighted by molar-refractivity contribution is 0.922. The van der Waals surface area contributed by atoms with Crippen molar-refractivity contribution in [1.29, 1.82) is 0 Å². The van der Waals surface area contributed by atoms with E-state index < -0.39 is 0 Å². The quantitative estimate of drug-likeness (QED) is 0.0951. The first kappa shape index (κ1) is 58.7. The van der Waals surface area contributed by atoms with E-state index in [4.69, 9.17) is 0 Å². The zero-order valence-corrected chi connectivity index (χ0v) is 54.4. The molecule has 11 aromatic rings. The Labute approximate surface area is 523 Å². The van der Waals surface area contributed by atoms with Crippen molar-refractivity contribution in [1.82, 2.24) is 0 Å². The molecule has 0 amide bonds. The van der Waals surface area contributed by atoms with Gasteiger partial charge in [-0.05, 0) is 300 Å². The molecule has 4 heteroatoms. The molecular formula is C81H76Br2N2. The maximum Gasteiger partial charge on any atom is 0.0464 e. The van der Waals surface area contributed by atoms with Crippen molar-refractivity contribution in [2.45, 2.75) is 102 Å². The van der Waals surface area contributed by atoms with Gasteiger partial charge in [0.15, 0.2) is 0 Å². The summed E-state index contributed by atoms with van der Waals surface area (Å²) < 4.78 is 2.22. The zero-order chi connectivity index (χ0) is 59.6. The van der Waals surface area contributed by atoms with E-state index in [9.17, 15) is 0 Å². The molecule has 85 heavy (non-hydrogen) atoms. The summed E-state index contributed by atoms with van der Waals surface area (Å²) in [6.07, 6.45) is 4.49. The number of hydrogen-bond donors (Lipinski definition) is 0. The summed E-state index contributed by atoms with van der Waals surface area (Å²) in [7, 11) is 0. The highest BCUT2D eigenvalue weighted by atomic mass is 79.9. The van der Waals surface area contributed by atoms with E-state index >= 15 is 0 Å². The van der Waals surface area contributed by atoms with E-state index in [1.807, 2.05) is 0 Å². The maximum atomic E-state index is 3.71. The third-order valence-electron chi connectivity index (χ3n) is 17.1. The zero-order valence-electron chi connectivity index (χ0n) is 51.2. The predicted octanol–water partition coefficient (Wildman–Crippen LogP) is 24.8. The monoisotopic (exact) mass is 1230 g/mol. The van der Waals surface area contributed by atoms with Gasteiger partial charge >= 0.3 is 0 Å². The number of rotatable bonds is 16. The first-order chi connectivity index (χ1) is 41.0. The molecule has 0 heterocycles. The highest BCUT2D eigenvalue weighted by Crippen LogP contribution is 2.44. The van der Waals surface area contributed by atoms with Gasteiger partial charge in [-0.2, -0.15) is 0 Å².